The molecule has 1 saturated carbocycles. The van der Waals surface area contributed by atoms with Crippen molar-refractivity contribution in [2.24, 2.45) is 12.5 Å². The molecule has 2 atom stereocenters. The van der Waals surface area contributed by atoms with Crippen LogP contribution in [0, 0.1) is 5.41 Å². The zero-order valence-corrected chi connectivity index (χ0v) is 16.4. The number of rotatable bonds is 5. The van der Waals surface area contributed by atoms with E-state index in [4.69, 9.17) is 26.4 Å². The Morgan fingerprint density at radius 1 is 1.24 bits per heavy atom. The fourth-order valence-electron chi connectivity index (χ4n) is 4.08. The van der Waals surface area contributed by atoms with Gasteiger partial charge in [-0.05, 0) is 42.4 Å². The van der Waals surface area contributed by atoms with Crippen molar-refractivity contribution >= 4 is 11.6 Å². The van der Waals surface area contributed by atoms with E-state index in [1.165, 1.54) is 18.4 Å². The predicted molar refractivity (Wildman–Crippen MR) is 101 cm³/mol. The second-order valence-corrected chi connectivity index (χ2v) is 8.22. The van der Waals surface area contributed by atoms with Gasteiger partial charge in [0, 0.05) is 31.5 Å². The van der Waals surface area contributed by atoms with Gasteiger partial charge in [0.2, 0.25) is 0 Å². The predicted octanol–water partition coefficient (Wildman–Crippen LogP) is 4.56. The lowest BCUT2D eigenvalue weighted by atomic mass is 9.69. The second kappa shape index (κ2) is 7.46. The minimum absolute atomic E-state index is 0.167. The molecule has 1 aliphatic rings. The Morgan fingerprint density at radius 2 is 1.96 bits per heavy atom. The molecule has 0 amide bonds. The monoisotopic (exact) mass is 361 g/mol. The van der Waals surface area contributed by atoms with Crippen molar-refractivity contribution in [3.8, 4) is 0 Å². The molecular formula is C20H28ClN3O. The summed E-state index contributed by atoms with van der Waals surface area (Å²) in [5.41, 5.74) is 1.43. The van der Waals surface area contributed by atoms with E-state index in [2.05, 4.69) is 26.0 Å². The smallest absolute Gasteiger partial charge is 0.156 e. The van der Waals surface area contributed by atoms with Crippen LogP contribution in [0.15, 0.2) is 24.3 Å². The highest BCUT2D eigenvalue weighted by Gasteiger charge is 2.41. The molecule has 1 fully saturated rings. The van der Waals surface area contributed by atoms with Crippen molar-refractivity contribution in [3.63, 3.8) is 0 Å². The highest BCUT2D eigenvalue weighted by molar-refractivity contribution is 6.30. The van der Waals surface area contributed by atoms with E-state index in [0.29, 0.717) is 0 Å². The molecule has 1 aromatic heterocycles. The van der Waals surface area contributed by atoms with Crippen LogP contribution in [-0.4, -0.2) is 28.0 Å². The Morgan fingerprint density at radius 3 is 2.64 bits per heavy atom. The number of nitrogens with zero attached hydrogens (tertiary/aromatic N) is 3. The van der Waals surface area contributed by atoms with E-state index < -0.39 is 0 Å². The SMILES string of the molecule is COC1C(c2nc(CCc3ccc(Cl)cc3)n(C)n2)CCCC1(C)C. The molecular weight excluding hydrogens is 334 g/mol. The van der Waals surface area contributed by atoms with Gasteiger partial charge in [0.1, 0.15) is 5.82 Å². The van der Waals surface area contributed by atoms with Crippen LogP contribution in [0.3, 0.4) is 0 Å². The zero-order chi connectivity index (χ0) is 18.0. The number of benzene rings is 1. The first-order chi connectivity index (χ1) is 11.9. The lowest BCUT2D eigenvalue weighted by Crippen LogP contribution is -2.40. The molecule has 5 heteroatoms. The maximum absolute atomic E-state index is 5.96. The number of aromatic nitrogens is 3. The summed E-state index contributed by atoms with van der Waals surface area (Å²) in [6, 6.07) is 8.02. The van der Waals surface area contributed by atoms with Crippen molar-refractivity contribution in [2.75, 3.05) is 7.11 Å². The van der Waals surface area contributed by atoms with Crippen LogP contribution >= 0.6 is 11.6 Å². The third-order valence-electron chi connectivity index (χ3n) is 5.48. The highest BCUT2D eigenvalue weighted by atomic mass is 35.5. The molecule has 0 saturated heterocycles. The molecule has 3 rings (SSSR count). The summed E-state index contributed by atoms with van der Waals surface area (Å²) < 4.78 is 7.79. The molecule has 25 heavy (non-hydrogen) atoms. The van der Waals surface area contributed by atoms with E-state index >= 15 is 0 Å². The van der Waals surface area contributed by atoms with Gasteiger partial charge in [-0.1, -0.05) is 44.0 Å². The number of methoxy groups -OCH3 is 1. The number of ether oxygens (including phenoxy) is 1. The van der Waals surface area contributed by atoms with Crippen molar-refractivity contribution < 1.29 is 4.74 Å². The summed E-state index contributed by atoms with van der Waals surface area (Å²) in [6.45, 7) is 4.58. The summed E-state index contributed by atoms with van der Waals surface area (Å²) in [5, 5.41) is 5.50. The van der Waals surface area contributed by atoms with Crippen LogP contribution in [0.25, 0.3) is 0 Å². The molecule has 1 aromatic carbocycles. The summed E-state index contributed by atoms with van der Waals surface area (Å²) >= 11 is 5.96. The van der Waals surface area contributed by atoms with Crippen LogP contribution in [0.2, 0.25) is 5.02 Å². The molecule has 0 N–H and O–H groups in total. The van der Waals surface area contributed by atoms with Crippen molar-refractivity contribution in [3.05, 3.63) is 46.5 Å². The lowest BCUT2D eigenvalue weighted by Gasteiger charge is -2.41. The molecule has 0 aliphatic heterocycles. The van der Waals surface area contributed by atoms with Gasteiger partial charge < -0.3 is 4.74 Å². The van der Waals surface area contributed by atoms with Crippen LogP contribution in [0.5, 0.6) is 0 Å². The molecule has 1 heterocycles. The summed E-state index contributed by atoms with van der Waals surface area (Å²) in [7, 11) is 3.80. The van der Waals surface area contributed by atoms with Gasteiger partial charge in [-0.25, -0.2) is 4.98 Å². The normalized spacial score (nSPS) is 22.9. The summed E-state index contributed by atoms with van der Waals surface area (Å²) in [6.07, 6.45) is 5.48. The van der Waals surface area contributed by atoms with Gasteiger partial charge in [-0.3, -0.25) is 4.68 Å². The Bertz CT molecular complexity index is 708. The van der Waals surface area contributed by atoms with E-state index in [1.807, 2.05) is 31.0 Å². The average Bonchev–Trinajstić information content (AvgIpc) is 2.94. The van der Waals surface area contributed by atoms with E-state index in [-0.39, 0.29) is 17.4 Å². The van der Waals surface area contributed by atoms with Gasteiger partial charge in [-0.15, -0.1) is 0 Å². The minimum Gasteiger partial charge on any atom is -0.380 e. The standard InChI is InChI=1S/C20H28ClN3O/c1-20(2)13-5-6-16(18(20)25-4)19-22-17(24(3)23-19)12-9-14-7-10-15(21)11-8-14/h7-8,10-11,16,18H,5-6,9,12-13H2,1-4H3. The molecule has 136 valence electrons. The summed E-state index contributed by atoms with van der Waals surface area (Å²) in [4.78, 5) is 4.88. The first kappa shape index (κ1) is 18.4. The van der Waals surface area contributed by atoms with E-state index in [1.54, 1.807) is 0 Å². The minimum atomic E-state index is 0.167. The number of aryl methyl sites for hydroxylation is 3. The second-order valence-electron chi connectivity index (χ2n) is 7.78. The van der Waals surface area contributed by atoms with Crippen LogP contribution < -0.4 is 0 Å². The third-order valence-corrected chi connectivity index (χ3v) is 5.73. The maximum Gasteiger partial charge on any atom is 0.156 e. The van der Waals surface area contributed by atoms with Gasteiger partial charge in [0.15, 0.2) is 5.82 Å². The molecule has 1 aliphatic carbocycles. The largest absolute Gasteiger partial charge is 0.380 e. The van der Waals surface area contributed by atoms with Gasteiger partial charge in [0.05, 0.1) is 6.10 Å². The fraction of sp³-hybridized carbons (Fsp3) is 0.600. The van der Waals surface area contributed by atoms with Crippen molar-refractivity contribution in [2.45, 2.75) is 58.0 Å². The van der Waals surface area contributed by atoms with Gasteiger partial charge in [0.25, 0.3) is 0 Å². The highest BCUT2D eigenvalue weighted by Crippen LogP contribution is 2.44. The molecule has 2 unspecified atom stereocenters. The first-order valence-electron chi connectivity index (χ1n) is 9.08. The summed E-state index contributed by atoms with van der Waals surface area (Å²) in [5.74, 6) is 2.25. The van der Waals surface area contributed by atoms with Gasteiger partial charge >= 0.3 is 0 Å². The lowest BCUT2D eigenvalue weighted by molar-refractivity contribution is -0.0402. The first-order valence-corrected chi connectivity index (χ1v) is 9.45. The van der Waals surface area contributed by atoms with E-state index in [9.17, 15) is 0 Å². The number of halogens is 1. The zero-order valence-electron chi connectivity index (χ0n) is 15.6. The van der Waals surface area contributed by atoms with Gasteiger partial charge in [-0.2, -0.15) is 5.10 Å². The van der Waals surface area contributed by atoms with Crippen LogP contribution in [0.1, 0.15) is 56.2 Å². The Hall–Kier alpha value is -1.39. The molecule has 4 nitrogen and oxygen atoms in total. The average molecular weight is 362 g/mol. The van der Waals surface area contributed by atoms with Crippen molar-refractivity contribution in [1.29, 1.82) is 0 Å². The van der Waals surface area contributed by atoms with Crippen LogP contribution in [-0.2, 0) is 24.6 Å². The van der Waals surface area contributed by atoms with E-state index in [0.717, 1.165) is 35.9 Å². The van der Waals surface area contributed by atoms with Crippen molar-refractivity contribution in [1.82, 2.24) is 14.8 Å². The number of hydrogen-bond acceptors (Lipinski definition) is 3. The Labute approximate surface area is 155 Å². The fourth-order valence-corrected chi connectivity index (χ4v) is 4.21. The molecule has 0 bridgehead atoms. The third kappa shape index (κ3) is 4.06. The molecule has 2 aromatic rings. The molecule has 0 spiro atoms. The van der Waals surface area contributed by atoms with Crippen LogP contribution in [0.4, 0.5) is 0 Å². The quantitative estimate of drug-likeness (QED) is 0.783. The number of hydrogen-bond donors (Lipinski definition) is 0. The maximum atomic E-state index is 5.96. The molecule has 0 radical (unpaired) electrons. The Kier molecular flexibility index (Phi) is 5.49. The Balaban J connectivity index is 1.74. The topological polar surface area (TPSA) is 39.9 Å².